The van der Waals surface area contributed by atoms with Gasteiger partial charge in [0, 0.05) is 33.4 Å². The minimum Gasteiger partial charge on any atom is -0.507 e. The van der Waals surface area contributed by atoms with Gasteiger partial charge in [0.1, 0.15) is 23.0 Å². The highest BCUT2D eigenvalue weighted by atomic mass is 16.5. The zero-order chi connectivity index (χ0) is 43.3. The molecule has 6 aromatic carbocycles. The van der Waals surface area contributed by atoms with E-state index < -0.39 is 0 Å². The first kappa shape index (κ1) is 41.2. The number of hydrogen-bond donors (Lipinski definition) is 2. The molecule has 0 unspecified atom stereocenters. The maximum atomic E-state index is 12.3. The fourth-order valence-corrected chi connectivity index (χ4v) is 12.5. The summed E-state index contributed by atoms with van der Waals surface area (Å²) in [7, 11) is 0. The lowest BCUT2D eigenvalue weighted by atomic mass is 9.76. The molecular formula is C60H64O4. The summed E-state index contributed by atoms with van der Waals surface area (Å²) in [5.41, 5.74) is 22.4. The molecule has 0 bridgehead atoms. The number of phenols is 2. The maximum Gasteiger partial charge on any atom is 0.131 e. The Hall–Kier alpha value is -5.48. The predicted octanol–water partition coefficient (Wildman–Crippen LogP) is 14.7. The largest absolute Gasteiger partial charge is 0.507 e. The van der Waals surface area contributed by atoms with E-state index in [1.165, 1.54) is 107 Å². The first-order chi connectivity index (χ1) is 31.4. The predicted molar refractivity (Wildman–Crippen MR) is 261 cm³/mol. The van der Waals surface area contributed by atoms with Gasteiger partial charge in [0.05, 0.1) is 12.2 Å². The Morgan fingerprint density at radius 1 is 0.375 bits per heavy atom. The van der Waals surface area contributed by atoms with Crippen molar-refractivity contribution in [1.82, 2.24) is 0 Å². The van der Waals surface area contributed by atoms with Crippen molar-refractivity contribution in [2.45, 2.75) is 154 Å². The number of aromatic hydroxyl groups is 2. The third-order valence-electron chi connectivity index (χ3n) is 15.6. The van der Waals surface area contributed by atoms with Crippen LogP contribution < -0.4 is 9.47 Å². The van der Waals surface area contributed by atoms with Crippen molar-refractivity contribution in [3.8, 4) is 67.5 Å². The first-order valence-electron chi connectivity index (χ1n) is 24.9. The van der Waals surface area contributed by atoms with Crippen molar-refractivity contribution >= 4 is 0 Å². The van der Waals surface area contributed by atoms with Crippen molar-refractivity contribution < 1.29 is 19.7 Å². The Morgan fingerprint density at radius 2 is 0.688 bits per heavy atom. The summed E-state index contributed by atoms with van der Waals surface area (Å²) >= 11 is 0. The van der Waals surface area contributed by atoms with Gasteiger partial charge < -0.3 is 19.7 Å². The molecule has 11 rings (SSSR count). The smallest absolute Gasteiger partial charge is 0.131 e. The van der Waals surface area contributed by atoms with Gasteiger partial charge in [-0.2, -0.15) is 0 Å². The molecule has 0 atom stereocenters. The second-order valence-corrected chi connectivity index (χ2v) is 19.9. The molecule has 4 heteroatoms. The van der Waals surface area contributed by atoms with Crippen molar-refractivity contribution in [2.75, 3.05) is 0 Å². The van der Waals surface area contributed by atoms with Gasteiger partial charge in [0.15, 0.2) is 0 Å². The van der Waals surface area contributed by atoms with Crippen LogP contribution in [0.25, 0.3) is 44.5 Å². The SMILES string of the molecule is Cc1cc(-c2ccccc2O[C@H]2CC[C@@H](Oc3ccccc3-c3cc(C)cc(-c4c5c(cc6c4CCCC6)CCCC5)c3O)CC2)c(O)c(-c2c3c(cc4c2CCCC4)CCCC3)c1. The lowest BCUT2D eigenvalue weighted by Crippen LogP contribution is -2.30. The van der Waals surface area contributed by atoms with E-state index in [9.17, 15) is 10.2 Å². The van der Waals surface area contributed by atoms with Gasteiger partial charge >= 0.3 is 0 Å². The molecule has 6 aromatic rings. The first-order valence-corrected chi connectivity index (χ1v) is 24.9. The molecule has 1 fully saturated rings. The lowest BCUT2D eigenvalue weighted by molar-refractivity contribution is 0.0813. The van der Waals surface area contributed by atoms with Crippen LogP contribution in [0.15, 0.2) is 84.9 Å². The van der Waals surface area contributed by atoms with Gasteiger partial charge in [-0.15, -0.1) is 0 Å². The molecule has 0 aromatic heterocycles. The van der Waals surface area contributed by atoms with Gasteiger partial charge in [-0.3, -0.25) is 0 Å². The monoisotopic (exact) mass is 848 g/mol. The Balaban J connectivity index is 0.842. The Bertz CT molecular complexity index is 2490. The molecule has 5 aliphatic carbocycles. The summed E-state index contributed by atoms with van der Waals surface area (Å²) < 4.78 is 13.8. The number of rotatable bonds is 8. The number of aryl methyl sites for hydroxylation is 6. The van der Waals surface area contributed by atoms with Gasteiger partial charge in [-0.05, 0) is 245 Å². The van der Waals surface area contributed by atoms with Crippen LogP contribution in [0.2, 0.25) is 0 Å². The molecule has 5 aliphatic rings. The van der Waals surface area contributed by atoms with E-state index in [2.05, 4.69) is 98.8 Å². The van der Waals surface area contributed by atoms with E-state index in [1.807, 2.05) is 0 Å². The Labute approximate surface area is 380 Å². The lowest BCUT2D eigenvalue weighted by Gasteiger charge is -2.31. The minimum atomic E-state index is 0.0435. The van der Waals surface area contributed by atoms with Gasteiger partial charge in [0.25, 0.3) is 0 Å². The topological polar surface area (TPSA) is 58.9 Å². The fourth-order valence-electron chi connectivity index (χ4n) is 12.5. The number of para-hydroxylation sites is 2. The molecule has 64 heavy (non-hydrogen) atoms. The van der Waals surface area contributed by atoms with Crippen LogP contribution in [0, 0.1) is 13.8 Å². The average Bonchev–Trinajstić information content (AvgIpc) is 3.32. The number of fused-ring (bicyclic) bond motifs is 4. The number of hydrogen-bond acceptors (Lipinski definition) is 4. The molecule has 328 valence electrons. The van der Waals surface area contributed by atoms with E-state index >= 15 is 0 Å². The van der Waals surface area contributed by atoms with Crippen LogP contribution in [0.5, 0.6) is 23.0 Å². The van der Waals surface area contributed by atoms with Crippen LogP contribution in [0.4, 0.5) is 0 Å². The second kappa shape index (κ2) is 17.5. The van der Waals surface area contributed by atoms with Gasteiger partial charge in [0.2, 0.25) is 0 Å². The van der Waals surface area contributed by atoms with Crippen molar-refractivity contribution in [2.24, 2.45) is 0 Å². The summed E-state index contributed by atoms with van der Waals surface area (Å²) in [6.45, 7) is 4.33. The third-order valence-corrected chi connectivity index (χ3v) is 15.6. The van der Waals surface area contributed by atoms with Crippen LogP contribution in [-0.2, 0) is 51.4 Å². The summed E-state index contributed by atoms with van der Waals surface area (Å²) in [6, 6.07) is 30.4. The molecule has 0 amide bonds. The van der Waals surface area contributed by atoms with E-state index in [4.69, 9.17) is 9.47 Å². The fraction of sp³-hybridized carbons (Fsp3) is 0.400. The zero-order valence-electron chi connectivity index (χ0n) is 38.1. The highest BCUT2D eigenvalue weighted by Crippen LogP contribution is 2.50. The molecule has 0 aliphatic heterocycles. The van der Waals surface area contributed by atoms with Crippen LogP contribution in [0.1, 0.15) is 133 Å². The quantitative estimate of drug-likeness (QED) is 0.160. The number of benzene rings is 6. The molecule has 0 spiro atoms. The highest BCUT2D eigenvalue weighted by molar-refractivity contribution is 5.90. The summed E-state index contributed by atoms with van der Waals surface area (Å²) in [6.07, 6.45) is 22.3. The average molecular weight is 849 g/mol. The summed E-state index contributed by atoms with van der Waals surface area (Å²) in [4.78, 5) is 0. The Morgan fingerprint density at radius 3 is 1.05 bits per heavy atom. The minimum absolute atomic E-state index is 0.0435. The molecule has 0 saturated heterocycles. The van der Waals surface area contributed by atoms with Crippen LogP contribution >= 0.6 is 0 Å². The molecule has 2 N–H and O–H groups in total. The van der Waals surface area contributed by atoms with Gasteiger partial charge in [-0.25, -0.2) is 0 Å². The second-order valence-electron chi connectivity index (χ2n) is 19.9. The highest BCUT2D eigenvalue weighted by Gasteiger charge is 2.30. The zero-order valence-corrected chi connectivity index (χ0v) is 38.1. The molecular weight excluding hydrogens is 785 g/mol. The van der Waals surface area contributed by atoms with Gasteiger partial charge in [-0.1, -0.05) is 48.5 Å². The molecule has 0 heterocycles. The van der Waals surface area contributed by atoms with Crippen molar-refractivity contribution in [3.05, 3.63) is 141 Å². The summed E-state index contributed by atoms with van der Waals surface area (Å²) in [5.74, 6) is 2.40. The number of phenolic OH excluding ortho intramolecular Hbond substituents is 2. The maximum absolute atomic E-state index is 12.3. The van der Waals surface area contributed by atoms with Crippen molar-refractivity contribution in [3.63, 3.8) is 0 Å². The van der Waals surface area contributed by atoms with Crippen molar-refractivity contribution in [1.29, 1.82) is 0 Å². The van der Waals surface area contributed by atoms with E-state index in [0.29, 0.717) is 11.5 Å². The van der Waals surface area contributed by atoms with Crippen LogP contribution in [0.3, 0.4) is 0 Å². The van der Waals surface area contributed by atoms with E-state index in [-0.39, 0.29) is 12.2 Å². The van der Waals surface area contributed by atoms with E-state index in [1.54, 1.807) is 0 Å². The third kappa shape index (κ3) is 7.69. The number of ether oxygens (including phenoxy) is 2. The van der Waals surface area contributed by atoms with E-state index in [0.717, 1.165) is 133 Å². The summed E-state index contributed by atoms with van der Waals surface area (Å²) in [5, 5.41) is 24.7. The normalized spacial score (nSPS) is 19.2. The van der Waals surface area contributed by atoms with Crippen LogP contribution in [-0.4, -0.2) is 22.4 Å². The Kier molecular flexibility index (Phi) is 11.3. The molecule has 4 nitrogen and oxygen atoms in total. The standard InChI is InChI=1S/C60H64O4/c1-37-31-51(59(61)53(33-37)57-45-19-7-3-15-39(45)35-40-16-4-8-20-46(40)57)49-23-11-13-25-55(49)63-43-27-29-44(30-28-43)64-56-26-14-12-24-50(56)52-32-38(2)34-54(60(52)62)58-47-21-9-5-17-41(47)36-42-18-6-10-22-48(42)58/h11-14,23-26,31-36,43-44,61-62H,3-10,15-22,27-30H2,1-2H3/t43-,44+. The molecule has 1 saturated carbocycles. The molecule has 0 radical (unpaired) electrons.